The summed E-state index contributed by atoms with van der Waals surface area (Å²) in [6.45, 7) is 0.360. The van der Waals surface area contributed by atoms with Crippen LogP contribution in [-0.4, -0.2) is 22.7 Å². The zero-order valence-corrected chi connectivity index (χ0v) is 4.81. The lowest BCUT2D eigenvalue weighted by Crippen LogP contribution is -2.16. The molecule has 1 amide bonds. The van der Waals surface area contributed by atoms with Crippen molar-refractivity contribution in [1.82, 2.24) is 4.42 Å². The molecule has 1 aliphatic heterocycles. The van der Waals surface area contributed by atoms with E-state index in [1.807, 2.05) is 0 Å². The van der Waals surface area contributed by atoms with Crippen molar-refractivity contribution in [2.24, 2.45) is 0 Å². The Kier molecular flexibility index (Phi) is 1.21. The van der Waals surface area contributed by atoms with E-state index >= 15 is 0 Å². The number of Topliss-reactive ketones (excluding diaryl/α,β-unsaturated/α-hetero) is 1. The lowest BCUT2D eigenvalue weighted by Gasteiger charge is -1.96. The number of carbonyl (C=O) groups is 2. The van der Waals surface area contributed by atoms with Gasteiger partial charge in [0.15, 0.2) is 0 Å². The van der Waals surface area contributed by atoms with Crippen LogP contribution in [0, 0.1) is 0 Å². The Morgan fingerprint density at radius 2 is 2.12 bits per heavy atom. The fourth-order valence-corrected chi connectivity index (χ4v) is 0.722. The average Bonchev–Trinajstić information content (AvgIpc) is 1.98. The maximum absolute atomic E-state index is 10.3. The molecule has 1 saturated heterocycles. The summed E-state index contributed by atoms with van der Waals surface area (Å²) in [4.78, 5) is 20.7. The summed E-state index contributed by atoms with van der Waals surface area (Å²) in [5, 5.41) is 0. The second-order valence-electron chi connectivity index (χ2n) is 1.56. The highest BCUT2D eigenvalue weighted by Crippen LogP contribution is 2.07. The number of rotatable bonds is 0. The van der Waals surface area contributed by atoms with Crippen molar-refractivity contribution in [3.05, 3.63) is 0 Å². The molecule has 1 heterocycles. The molecule has 0 bridgehead atoms. The number of nitrogens with zero attached hydrogens (tertiary/aromatic N) is 1. The van der Waals surface area contributed by atoms with Crippen molar-refractivity contribution >= 4 is 23.5 Å². The molecule has 1 fully saturated rings. The van der Waals surface area contributed by atoms with E-state index in [2.05, 4.69) is 0 Å². The Morgan fingerprint density at radius 1 is 1.50 bits per heavy atom. The van der Waals surface area contributed by atoms with Crippen LogP contribution in [0.3, 0.4) is 0 Å². The van der Waals surface area contributed by atoms with Crippen molar-refractivity contribution in [2.75, 3.05) is 6.54 Å². The van der Waals surface area contributed by atoms with Gasteiger partial charge in [0, 0.05) is 24.7 Å². The maximum Gasteiger partial charge on any atom is 0.304 e. The summed E-state index contributed by atoms with van der Waals surface area (Å²) in [5.74, 6) is -0.966. The lowest BCUT2D eigenvalue weighted by molar-refractivity contribution is -0.137. The lowest BCUT2D eigenvalue weighted by atomic mass is 10.3. The molecule has 1 rings (SSSR count). The quantitative estimate of drug-likeness (QED) is 0.343. The Morgan fingerprint density at radius 3 is 2.25 bits per heavy atom. The molecule has 0 N–H and O–H groups in total. The van der Waals surface area contributed by atoms with Gasteiger partial charge in [-0.15, -0.1) is 0 Å². The third-order valence-corrected chi connectivity index (χ3v) is 1.32. The van der Waals surface area contributed by atoms with E-state index in [0.717, 1.165) is 4.42 Å². The Balaban J connectivity index is 2.71. The molecule has 0 aromatic heterocycles. The summed E-state index contributed by atoms with van der Waals surface area (Å²) in [6.07, 6.45) is 0.266. The van der Waals surface area contributed by atoms with Crippen molar-refractivity contribution in [3.8, 4) is 0 Å². The van der Waals surface area contributed by atoms with E-state index in [1.54, 1.807) is 0 Å². The zero-order chi connectivity index (χ0) is 6.15. The van der Waals surface area contributed by atoms with Gasteiger partial charge in [-0.05, 0) is 0 Å². The molecule has 0 unspecified atom stereocenters. The maximum atomic E-state index is 10.3. The predicted octanol–water partition coefficient (Wildman–Crippen LogP) is -0.0584. The monoisotopic (exact) mass is 133 g/mol. The van der Waals surface area contributed by atoms with Crippen LogP contribution < -0.4 is 0 Å². The van der Waals surface area contributed by atoms with Gasteiger partial charge in [0.1, 0.15) is 0 Å². The van der Waals surface area contributed by atoms with Gasteiger partial charge in [0.2, 0.25) is 5.78 Å². The van der Waals surface area contributed by atoms with Gasteiger partial charge in [-0.25, -0.2) is 4.42 Å². The molecule has 1 aliphatic rings. The number of ketones is 1. The molecule has 8 heavy (non-hydrogen) atoms. The van der Waals surface area contributed by atoms with Gasteiger partial charge in [0.25, 0.3) is 0 Å². The molecule has 0 aromatic rings. The van der Waals surface area contributed by atoms with Crippen LogP contribution in [0.4, 0.5) is 0 Å². The molecule has 0 saturated carbocycles. The third-order valence-electron chi connectivity index (χ3n) is 0.994. The average molecular weight is 134 g/mol. The molecule has 3 nitrogen and oxygen atoms in total. The largest absolute Gasteiger partial charge is 0.304 e. The molecule has 0 spiro atoms. The Labute approximate surface area is 51.3 Å². The highest BCUT2D eigenvalue weighted by molar-refractivity contribution is 6.45. The normalized spacial score (nSPS) is 20.4. The fraction of sp³-hybridized carbons (Fsp3) is 0.500. The van der Waals surface area contributed by atoms with Crippen molar-refractivity contribution in [1.29, 1.82) is 0 Å². The first-order chi connectivity index (χ1) is 3.72. The molecule has 0 atom stereocenters. The zero-order valence-electron chi connectivity index (χ0n) is 4.06. The molecule has 44 valence electrons. The number of halogens is 1. The Bertz CT molecular complexity index is 145. The van der Waals surface area contributed by atoms with Crippen LogP contribution in [0.15, 0.2) is 0 Å². The van der Waals surface area contributed by atoms with Crippen LogP contribution in [-0.2, 0) is 9.59 Å². The van der Waals surface area contributed by atoms with E-state index < -0.39 is 5.91 Å². The Hall–Kier alpha value is -0.570. The SMILES string of the molecule is O=C1CCN(Cl)C1=O. The number of hydrogen-bond acceptors (Lipinski definition) is 2. The molecule has 0 radical (unpaired) electrons. The summed E-state index contributed by atoms with van der Waals surface area (Å²) in [6, 6.07) is 0. The van der Waals surface area contributed by atoms with E-state index in [1.165, 1.54) is 0 Å². The van der Waals surface area contributed by atoms with E-state index in [0.29, 0.717) is 6.54 Å². The second-order valence-corrected chi connectivity index (χ2v) is 1.97. The van der Waals surface area contributed by atoms with Gasteiger partial charge in [0.05, 0.1) is 0 Å². The van der Waals surface area contributed by atoms with E-state index in [4.69, 9.17) is 11.8 Å². The summed E-state index contributed by atoms with van der Waals surface area (Å²) >= 11 is 5.22. The van der Waals surface area contributed by atoms with E-state index in [9.17, 15) is 9.59 Å². The topological polar surface area (TPSA) is 37.4 Å². The van der Waals surface area contributed by atoms with Crippen LogP contribution in [0.2, 0.25) is 0 Å². The molecule has 0 aromatic carbocycles. The van der Waals surface area contributed by atoms with Crippen molar-refractivity contribution < 1.29 is 9.59 Å². The number of hydrogen-bond donors (Lipinski definition) is 0. The molecular weight excluding hydrogens is 130 g/mol. The third kappa shape index (κ3) is 0.690. The minimum atomic E-state index is -0.577. The minimum absolute atomic E-state index is 0.266. The molecular formula is C4H4ClNO2. The highest BCUT2D eigenvalue weighted by Gasteiger charge is 2.27. The second kappa shape index (κ2) is 1.74. The highest BCUT2D eigenvalue weighted by atomic mass is 35.5. The predicted molar refractivity (Wildman–Crippen MR) is 27.2 cm³/mol. The first kappa shape index (κ1) is 5.56. The summed E-state index contributed by atoms with van der Waals surface area (Å²) in [7, 11) is 0. The van der Waals surface area contributed by atoms with Crippen LogP contribution >= 0.6 is 11.8 Å². The first-order valence-corrected chi connectivity index (χ1v) is 2.56. The first-order valence-electron chi connectivity index (χ1n) is 2.22. The van der Waals surface area contributed by atoms with Gasteiger partial charge in [-0.2, -0.15) is 0 Å². The fourth-order valence-electron chi connectivity index (χ4n) is 0.543. The van der Waals surface area contributed by atoms with E-state index in [-0.39, 0.29) is 12.2 Å². The number of amides is 1. The number of carbonyl (C=O) groups excluding carboxylic acids is 2. The molecule has 0 aliphatic carbocycles. The van der Waals surface area contributed by atoms with Gasteiger partial charge < -0.3 is 0 Å². The van der Waals surface area contributed by atoms with Crippen LogP contribution in [0.1, 0.15) is 6.42 Å². The van der Waals surface area contributed by atoms with Gasteiger partial charge >= 0.3 is 5.91 Å². The van der Waals surface area contributed by atoms with Crippen molar-refractivity contribution in [3.63, 3.8) is 0 Å². The van der Waals surface area contributed by atoms with Crippen molar-refractivity contribution in [2.45, 2.75) is 6.42 Å². The van der Waals surface area contributed by atoms with Crippen LogP contribution in [0.5, 0.6) is 0 Å². The standard InChI is InChI=1S/C4H4ClNO2/c5-6-2-1-3(7)4(6)8/h1-2H2. The molecule has 4 heteroatoms. The summed E-state index contributed by atoms with van der Waals surface area (Å²) < 4.78 is 0.905. The van der Waals surface area contributed by atoms with Gasteiger partial charge in [-0.3, -0.25) is 9.59 Å². The van der Waals surface area contributed by atoms with Gasteiger partial charge in [-0.1, -0.05) is 0 Å². The smallest absolute Gasteiger partial charge is 0.289 e. The van der Waals surface area contributed by atoms with Crippen LogP contribution in [0.25, 0.3) is 0 Å². The minimum Gasteiger partial charge on any atom is -0.289 e. The summed E-state index contributed by atoms with van der Waals surface area (Å²) in [5.41, 5.74) is 0.